The van der Waals surface area contributed by atoms with E-state index in [9.17, 15) is 13.2 Å². The molecule has 0 aliphatic carbocycles. The molecule has 0 fully saturated rings. The van der Waals surface area contributed by atoms with E-state index in [1.807, 2.05) is 23.9 Å². The highest BCUT2D eigenvalue weighted by molar-refractivity contribution is 5.01. The second-order valence-electron chi connectivity index (χ2n) is 4.66. The number of rotatable bonds is 6. The van der Waals surface area contributed by atoms with E-state index in [-0.39, 0.29) is 6.42 Å². The quantitative estimate of drug-likeness (QED) is 0.857. The van der Waals surface area contributed by atoms with Crippen LogP contribution in [0.5, 0.6) is 0 Å². The fourth-order valence-electron chi connectivity index (χ4n) is 1.64. The van der Waals surface area contributed by atoms with Gasteiger partial charge < -0.3 is 5.73 Å². The lowest BCUT2D eigenvalue weighted by Gasteiger charge is -2.12. The summed E-state index contributed by atoms with van der Waals surface area (Å²) >= 11 is 0. The number of nitrogens with two attached hydrogens (primary N) is 1. The van der Waals surface area contributed by atoms with Gasteiger partial charge in [0.25, 0.3) is 0 Å². The molecule has 0 saturated heterocycles. The molecule has 104 valence electrons. The molecule has 0 aliphatic heterocycles. The highest BCUT2D eigenvalue weighted by Crippen LogP contribution is 2.22. The minimum Gasteiger partial charge on any atom is -0.327 e. The van der Waals surface area contributed by atoms with Gasteiger partial charge in [0.2, 0.25) is 0 Å². The molecule has 0 amide bonds. The van der Waals surface area contributed by atoms with E-state index in [1.54, 1.807) is 0 Å². The Morgan fingerprint density at radius 2 is 2.11 bits per heavy atom. The van der Waals surface area contributed by atoms with Crippen molar-refractivity contribution in [2.24, 2.45) is 5.73 Å². The molecule has 1 heterocycles. The molecule has 1 rings (SSSR count). The van der Waals surface area contributed by atoms with Crippen molar-refractivity contribution < 1.29 is 13.2 Å². The fourth-order valence-corrected chi connectivity index (χ4v) is 1.64. The zero-order chi connectivity index (χ0) is 13.8. The Hall–Kier alpha value is -1.04. The predicted octanol–water partition coefficient (Wildman–Crippen LogP) is 3.07. The van der Waals surface area contributed by atoms with E-state index in [4.69, 9.17) is 5.73 Å². The molecule has 2 N–H and O–H groups in total. The van der Waals surface area contributed by atoms with E-state index >= 15 is 0 Å². The number of aromatic nitrogens is 2. The Balaban J connectivity index is 2.44. The van der Waals surface area contributed by atoms with Crippen LogP contribution in [-0.4, -0.2) is 22.0 Å². The van der Waals surface area contributed by atoms with Crippen LogP contribution in [0.25, 0.3) is 0 Å². The second-order valence-corrected chi connectivity index (χ2v) is 4.66. The van der Waals surface area contributed by atoms with Crippen LogP contribution in [0, 0.1) is 0 Å². The van der Waals surface area contributed by atoms with Crippen molar-refractivity contribution >= 4 is 0 Å². The summed E-state index contributed by atoms with van der Waals surface area (Å²) in [4.78, 5) is 0. The first-order valence-corrected chi connectivity index (χ1v) is 6.18. The Bertz CT molecular complexity index is 360. The van der Waals surface area contributed by atoms with E-state index in [0.29, 0.717) is 12.5 Å². The molecule has 18 heavy (non-hydrogen) atoms. The van der Waals surface area contributed by atoms with Crippen LogP contribution in [-0.2, 0) is 6.42 Å². The Labute approximate surface area is 105 Å². The molecule has 0 aliphatic rings. The van der Waals surface area contributed by atoms with Gasteiger partial charge in [0.1, 0.15) is 0 Å². The van der Waals surface area contributed by atoms with Gasteiger partial charge in [0.15, 0.2) is 0 Å². The highest BCUT2D eigenvalue weighted by atomic mass is 19.4. The Morgan fingerprint density at radius 1 is 1.44 bits per heavy atom. The molecule has 2 unspecified atom stereocenters. The lowest BCUT2D eigenvalue weighted by atomic mass is 10.1. The number of hydrogen-bond acceptors (Lipinski definition) is 2. The molecule has 3 nitrogen and oxygen atoms in total. The van der Waals surface area contributed by atoms with Crippen molar-refractivity contribution in [3.63, 3.8) is 0 Å². The zero-order valence-corrected chi connectivity index (χ0v) is 10.7. The summed E-state index contributed by atoms with van der Waals surface area (Å²) in [6, 6.07) is 1.62. The first kappa shape index (κ1) is 15.0. The second kappa shape index (κ2) is 6.22. The van der Waals surface area contributed by atoms with Crippen LogP contribution in [0.4, 0.5) is 13.2 Å². The molecule has 0 radical (unpaired) electrons. The monoisotopic (exact) mass is 263 g/mol. The van der Waals surface area contributed by atoms with Crippen molar-refractivity contribution in [3.05, 3.63) is 18.0 Å². The van der Waals surface area contributed by atoms with Gasteiger partial charge in [0.05, 0.1) is 5.69 Å². The molecule has 0 bridgehead atoms. The van der Waals surface area contributed by atoms with Crippen LogP contribution in [0.3, 0.4) is 0 Å². The summed E-state index contributed by atoms with van der Waals surface area (Å²) in [7, 11) is 0. The number of nitrogens with zero attached hydrogens (tertiary/aromatic N) is 2. The van der Waals surface area contributed by atoms with Gasteiger partial charge in [-0.05, 0) is 25.8 Å². The molecule has 0 aromatic carbocycles. The first-order chi connectivity index (χ1) is 8.31. The predicted molar refractivity (Wildman–Crippen MR) is 64.2 cm³/mol. The lowest BCUT2D eigenvalue weighted by Crippen LogP contribution is -2.25. The van der Waals surface area contributed by atoms with Crippen LogP contribution in [0.1, 0.15) is 44.8 Å². The van der Waals surface area contributed by atoms with Crippen LogP contribution < -0.4 is 5.73 Å². The van der Waals surface area contributed by atoms with Crippen molar-refractivity contribution in [2.75, 3.05) is 0 Å². The molecule has 6 heteroatoms. The zero-order valence-electron chi connectivity index (χ0n) is 10.7. The topological polar surface area (TPSA) is 43.8 Å². The normalized spacial score (nSPS) is 15.7. The van der Waals surface area contributed by atoms with Gasteiger partial charge >= 0.3 is 6.18 Å². The molecular weight excluding hydrogens is 243 g/mol. The third kappa shape index (κ3) is 5.08. The van der Waals surface area contributed by atoms with E-state index in [1.165, 1.54) is 0 Å². The summed E-state index contributed by atoms with van der Waals surface area (Å²) in [5.41, 5.74) is 6.44. The molecule has 1 aromatic rings. The van der Waals surface area contributed by atoms with Crippen molar-refractivity contribution in [1.82, 2.24) is 9.78 Å². The third-order valence-corrected chi connectivity index (χ3v) is 2.98. The maximum Gasteiger partial charge on any atom is 0.389 e. The summed E-state index contributed by atoms with van der Waals surface area (Å²) in [6.45, 7) is 4.10. The highest BCUT2D eigenvalue weighted by Gasteiger charge is 2.27. The third-order valence-electron chi connectivity index (χ3n) is 2.98. The van der Waals surface area contributed by atoms with Crippen molar-refractivity contribution in [1.29, 1.82) is 0 Å². The minimum atomic E-state index is -4.13. The smallest absolute Gasteiger partial charge is 0.327 e. The van der Waals surface area contributed by atoms with Crippen LogP contribution in [0.2, 0.25) is 0 Å². The van der Waals surface area contributed by atoms with Crippen molar-refractivity contribution in [3.8, 4) is 0 Å². The largest absolute Gasteiger partial charge is 0.389 e. The van der Waals surface area contributed by atoms with E-state index in [0.717, 1.165) is 12.1 Å². The standard InChI is InChI=1S/C12H20F3N3/c1-3-9(2)18-7-5-11(17-18)8-10(16)4-6-12(13,14)15/h5,7,9-10H,3-4,6,8,16H2,1-2H3. The van der Waals surface area contributed by atoms with Gasteiger partial charge in [-0.2, -0.15) is 18.3 Å². The lowest BCUT2D eigenvalue weighted by molar-refractivity contribution is -0.136. The maximum atomic E-state index is 12.0. The van der Waals surface area contributed by atoms with Gasteiger partial charge in [-0.1, -0.05) is 6.92 Å². The maximum absolute atomic E-state index is 12.0. The van der Waals surface area contributed by atoms with Crippen molar-refractivity contribution in [2.45, 2.75) is 57.8 Å². The Kier molecular flexibility index (Phi) is 5.19. The summed E-state index contributed by atoms with van der Waals surface area (Å²) in [5, 5.41) is 4.32. The molecule has 1 aromatic heterocycles. The van der Waals surface area contributed by atoms with Crippen LogP contribution >= 0.6 is 0 Å². The van der Waals surface area contributed by atoms with Gasteiger partial charge in [-0.25, -0.2) is 0 Å². The molecule has 0 spiro atoms. The van der Waals surface area contributed by atoms with E-state index in [2.05, 4.69) is 12.0 Å². The number of hydrogen-bond donors (Lipinski definition) is 1. The summed E-state index contributed by atoms with van der Waals surface area (Å²) in [5.74, 6) is 0. The van der Waals surface area contributed by atoms with Gasteiger partial charge in [-0.15, -0.1) is 0 Å². The van der Waals surface area contributed by atoms with E-state index < -0.39 is 18.6 Å². The molecular formula is C12H20F3N3. The minimum absolute atomic E-state index is 0.0559. The summed E-state index contributed by atoms with van der Waals surface area (Å²) in [6.07, 6.45) is -1.83. The Morgan fingerprint density at radius 3 is 2.67 bits per heavy atom. The van der Waals surface area contributed by atoms with Gasteiger partial charge in [0, 0.05) is 31.1 Å². The van der Waals surface area contributed by atoms with Gasteiger partial charge in [-0.3, -0.25) is 4.68 Å². The average Bonchev–Trinajstić information content (AvgIpc) is 2.73. The summed E-state index contributed by atoms with van der Waals surface area (Å²) < 4.78 is 37.9. The van der Waals surface area contributed by atoms with Crippen LogP contribution in [0.15, 0.2) is 12.3 Å². The molecule has 2 atom stereocenters. The fraction of sp³-hybridized carbons (Fsp3) is 0.750. The SMILES string of the molecule is CCC(C)n1ccc(CC(N)CCC(F)(F)F)n1. The first-order valence-electron chi connectivity index (χ1n) is 6.18. The number of halogens is 3. The molecule has 0 saturated carbocycles. The average molecular weight is 263 g/mol. The number of alkyl halides is 3.